The number of pyridine rings is 1. The standard InChI is InChI=1S/C14H12BrN3O2S/c1-18(10-11-2-4-12(15)5-3-11)21(19,20)14-7-6-13(8-16)17-9-14/h2-7,9H,10H2,1H3. The summed E-state index contributed by atoms with van der Waals surface area (Å²) >= 11 is 3.33. The molecule has 0 saturated heterocycles. The fraction of sp³-hybridized carbons (Fsp3) is 0.143. The number of benzene rings is 1. The molecule has 0 fully saturated rings. The predicted molar refractivity (Wildman–Crippen MR) is 81.7 cm³/mol. The Bertz CT molecular complexity index is 765. The first-order valence-electron chi connectivity index (χ1n) is 6.00. The maximum atomic E-state index is 12.4. The van der Waals surface area contributed by atoms with Gasteiger partial charge in [-0.3, -0.25) is 0 Å². The smallest absolute Gasteiger partial charge is 0.244 e. The Kier molecular flexibility index (Phi) is 4.73. The van der Waals surface area contributed by atoms with E-state index in [1.807, 2.05) is 30.3 Å². The van der Waals surface area contributed by atoms with Crippen molar-refractivity contribution in [2.24, 2.45) is 0 Å². The van der Waals surface area contributed by atoms with E-state index in [0.717, 1.165) is 10.0 Å². The Balaban J connectivity index is 2.21. The lowest BCUT2D eigenvalue weighted by atomic mass is 10.2. The van der Waals surface area contributed by atoms with Gasteiger partial charge in [0.15, 0.2) is 0 Å². The first kappa shape index (κ1) is 15.6. The highest BCUT2D eigenvalue weighted by Crippen LogP contribution is 2.17. The monoisotopic (exact) mass is 365 g/mol. The van der Waals surface area contributed by atoms with Gasteiger partial charge in [0.1, 0.15) is 16.7 Å². The lowest BCUT2D eigenvalue weighted by Crippen LogP contribution is -2.26. The van der Waals surface area contributed by atoms with Crippen molar-refractivity contribution in [3.05, 3.63) is 58.3 Å². The van der Waals surface area contributed by atoms with Crippen molar-refractivity contribution in [2.45, 2.75) is 11.4 Å². The molecule has 7 heteroatoms. The molecule has 0 aliphatic rings. The Morgan fingerprint density at radius 3 is 2.43 bits per heavy atom. The molecule has 0 spiro atoms. The van der Waals surface area contributed by atoms with E-state index in [2.05, 4.69) is 20.9 Å². The second-order valence-corrected chi connectivity index (χ2v) is 7.34. The first-order valence-corrected chi connectivity index (χ1v) is 8.24. The fourth-order valence-corrected chi connectivity index (χ4v) is 3.08. The van der Waals surface area contributed by atoms with Crippen LogP contribution in [0.5, 0.6) is 0 Å². The van der Waals surface area contributed by atoms with Gasteiger partial charge < -0.3 is 0 Å². The normalized spacial score (nSPS) is 11.3. The van der Waals surface area contributed by atoms with Crippen LogP contribution in [0.25, 0.3) is 0 Å². The molecule has 0 amide bonds. The van der Waals surface area contributed by atoms with Crippen LogP contribution in [0, 0.1) is 11.3 Å². The number of rotatable bonds is 4. The van der Waals surface area contributed by atoms with Crippen molar-refractivity contribution in [1.82, 2.24) is 9.29 Å². The Labute approximate surface area is 132 Å². The number of nitrogens with zero attached hydrogens (tertiary/aromatic N) is 3. The van der Waals surface area contributed by atoms with Gasteiger partial charge in [0.05, 0.1) is 0 Å². The van der Waals surface area contributed by atoms with Gasteiger partial charge in [-0.15, -0.1) is 0 Å². The summed E-state index contributed by atoms with van der Waals surface area (Å²) in [6, 6.07) is 12.1. The van der Waals surface area contributed by atoms with E-state index in [9.17, 15) is 8.42 Å². The molecule has 2 aromatic rings. The van der Waals surface area contributed by atoms with Crippen LogP contribution < -0.4 is 0 Å². The van der Waals surface area contributed by atoms with Crippen molar-refractivity contribution in [1.29, 1.82) is 5.26 Å². The summed E-state index contributed by atoms with van der Waals surface area (Å²) in [5, 5.41) is 8.68. The molecule has 1 heterocycles. The Hall–Kier alpha value is -1.75. The molecule has 0 saturated carbocycles. The van der Waals surface area contributed by atoms with Crippen molar-refractivity contribution in [3.63, 3.8) is 0 Å². The van der Waals surface area contributed by atoms with Crippen LogP contribution in [-0.4, -0.2) is 24.8 Å². The van der Waals surface area contributed by atoms with E-state index >= 15 is 0 Å². The minimum absolute atomic E-state index is 0.0705. The highest BCUT2D eigenvalue weighted by Gasteiger charge is 2.21. The molecular formula is C14H12BrN3O2S. The van der Waals surface area contributed by atoms with Crippen molar-refractivity contribution >= 4 is 26.0 Å². The molecule has 2 rings (SSSR count). The van der Waals surface area contributed by atoms with E-state index in [1.165, 1.54) is 29.7 Å². The molecule has 108 valence electrons. The third kappa shape index (κ3) is 3.67. The largest absolute Gasteiger partial charge is 0.244 e. The second kappa shape index (κ2) is 6.35. The number of nitriles is 1. The molecule has 0 radical (unpaired) electrons. The molecule has 0 bridgehead atoms. The zero-order valence-electron chi connectivity index (χ0n) is 11.2. The molecule has 5 nitrogen and oxygen atoms in total. The van der Waals surface area contributed by atoms with Gasteiger partial charge >= 0.3 is 0 Å². The lowest BCUT2D eigenvalue weighted by Gasteiger charge is -2.17. The molecular weight excluding hydrogens is 354 g/mol. The number of sulfonamides is 1. The topological polar surface area (TPSA) is 74.1 Å². The molecule has 1 aromatic carbocycles. The lowest BCUT2D eigenvalue weighted by molar-refractivity contribution is 0.466. The average molecular weight is 366 g/mol. The van der Waals surface area contributed by atoms with E-state index in [-0.39, 0.29) is 17.1 Å². The summed E-state index contributed by atoms with van der Waals surface area (Å²) < 4.78 is 27.0. The van der Waals surface area contributed by atoms with E-state index in [1.54, 1.807) is 0 Å². The van der Waals surface area contributed by atoms with Crippen LogP contribution in [0.2, 0.25) is 0 Å². The van der Waals surface area contributed by atoms with Crippen LogP contribution in [0.3, 0.4) is 0 Å². The van der Waals surface area contributed by atoms with E-state index in [4.69, 9.17) is 5.26 Å². The first-order chi connectivity index (χ1) is 9.93. The molecule has 0 unspecified atom stereocenters. The summed E-state index contributed by atoms with van der Waals surface area (Å²) in [5.74, 6) is 0. The maximum Gasteiger partial charge on any atom is 0.244 e. The third-order valence-electron chi connectivity index (χ3n) is 2.88. The maximum absolute atomic E-state index is 12.4. The quantitative estimate of drug-likeness (QED) is 0.834. The minimum atomic E-state index is -3.62. The van der Waals surface area contributed by atoms with Crippen LogP contribution >= 0.6 is 15.9 Å². The average Bonchev–Trinajstić information content (AvgIpc) is 2.49. The zero-order chi connectivity index (χ0) is 15.5. The van der Waals surface area contributed by atoms with Gasteiger partial charge in [0.2, 0.25) is 10.0 Å². The highest BCUT2D eigenvalue weighted by molar-refractivity contribution is 9.10. The fourth-order valence-electron chi connectivity index (χ4n) is 1.71. The third-order valence-corrected chi connectivity index (χ3v) is 5.19. The molecule has 0 aliphatic heterocycles. The highest BCUT2D eigenvalue weighted by atomic mass is 79.9. The molecule has 0 N–H and O–H groups in total. The molecule has 1 aromatic heterocycles. The SMILES string of the molecule is CN(Cc1ccc(Br)cc1)S(=O)(=O)c1ccc(C#N)nc1. The number of hydrogen-bond donors (Lipinski definition) is 0. The van der Waals surface area contributed by atoms with Crippen molar-refractivity contribution < 1.29 is 8.42 Å². The number of aromatic nitrogens is 1. The van der Waals surface area contributed by atoms with E-state index in [0.29, 0.717) is 0 Å². The van der Waals surface area contributed by atoms with Crippen LogP contribution in [0.4, 0.5) is 0 Å². The minimum Gasteiger partial charge on any atom is -0.244 e. The Morgan fingerprint density at radius 2 is 1.90 bits per heavy atom. The zero-order valence-corrected chi connectivity index (χ0v) is 13.6. The Morgan fingerprint density at radius 1 is 1.24 bits per heavy atom. The van der Waals surface area contributed by atoms with Gasteiger partial charge in [-0.05, 0) is 29.8 Å². The van der Waals surface area contributed by atoms with Gasteiger partial charge in [0, 0.05) is 24.3 Å². The summed E-state index contributed by atoms with van der Waals surface area (Å²) in [5.41, 5.74) is 1.07. The van der Waals surface area contributed by atoms with Gasteiger partial charge in [0.25, 0.3) is 0 Å². The van der Waals surface area contributed by atoms with Crippen molar-refractivity contribution in [2.75, 3.05) is 7.05 Å². The molecule has 0 aliphatic carbocycles. The van der Waals surface area contributed by atoms with Crippen LogP contribution in [0.1, 0.15) is 11.3 Å². The summed E-state index contributed by atoms with van der Waals surface area (Å²) in [6.07, 6.45) is 1.20. The number of hydrogen-bond acceptors (Lipinski definition) is 4. The summed E-state index contributed by atoms with van der Waals surface area (Å²) in [4.78, 5) is 3.86. The van der Waals surface area contributed by atoms with Crippen LogP contribution in [-0.2, 0) is 16.6 Å². The van der Waals surface area contributed by atoms with Crippen LogP contribution in [0.15, 0.2) is 52.0 Å². The van der Waals surface area contributed by atoms with Gasteiger partial charge in [-0.25, -0.2) is 13.4 Å². The number of halogens is 1. The molecule has 0 atom stereocenters. The summed E-state index contributed by atoms with van der Waals surface area (Å²) in [6.45, 7) is 0.260. The van der Waals surface area contributed by atoms with E-state index < -0.39 is 10.0 Å². The summed E-state index contributed by atoms with van der Waals surface area (Å²) in [7, 11) is -2.11. The molecule has 21 heavy (non-hydrogen) atoms. The van der Waals surface area contributed by atoms with Gasteiger partial charge in [-0.2, -0.15) is 9.57 Å². The predicted octanol–water partition coefficient (Wildman–Crippen LogP) is 2.54. The second-order valence-electron chi connectivity index (χ2n) is 4.38. The van der Waals surface area contributed by atoms with Gasteiger partial charge in [-0.1, -0.05) is 28.1 Å². The van der Waals surface area contributed by atoms with Crippen molar-refractivity contribution in [3.8, 4) is 6.07 Å².